The van der Waals surface area contributed by atoms with E-state index in [-0.39, 0.29) is 31.7 Å². The molecular formula is C14H14I3NO5. The zero-order chi connectivity index (χ0) is 17.6. The Bertz CT molecular complexity index is 597. The van der Waals surface area contributed by atoms with Gasteiger partial charge in [-0.2, -0.15) is 0 Å². The number of ketones is 1. The molecule has 3 N–H and O–H groups in total. The third-order valence-corrected chi connectivity index (χ3v) is 5.13. The molecule has 1 aromatic rings. The second kappa shape index (κ2) is 9.96. The number of primary amides is 1. The van der Waals surface area contributed by atoms with E-state index in [2.05, 4.69) is 67.8 Å². The molecule has 0 bridgehead atoms. The number of carbonyl (C=O) groups excluding carboxylic acids is 2. The average Bonchev–Trinajstić information content (AvgIpc) is 2.41. The van der Waals surface area contributed by atoms with Gasteiger partial charge in [0.25, 0.3) is 0 Å². The summed E-state index contributed by atoms with van der Waals surface area (Å²) in [4.78, 5) is 33.8. The maximum Gasteiger partial charge on any atom is 0.306 e. The van der Waals surface area contributed by atoms with Crippen LogP contribution >= 0.6 is 67.8 Å². The van der Waals surface area contributed by atoms with Crippen molar-refractivity contribution in [2.45, 2.75) is 19.3 Å². The standard InChI is InChI=1S/C14H14I3NO5/c15-8-4-10(16)13(11(17)5-8)23-6-9(19)3-7(14(21)22)1-2-12(18)20/h4-5,7H,1-3,6H2,(H2,18,20)(H,21,22). The van der Waals surface area contributed by atoms with Crippen LogP contribution in [0.25, 0.3) is 0 Å². The van der Waals surface area contributed by atoms with Crippen LogP contribution in [0.1, 0.15) is 19.3 Å². The molecule has 1 unspecified atom stereocenters. The van der Waals surface area contributed by atoms with Gasteiger partial charge in [0.15, 0.2) is 5.78 Å². The first-order chi connectivity index (χ1) is 10.7. The Morgan fingerprint density at radius 1 is 1.17 bits per heavy atom. The Labute approximate surface area is 174 Å². The van der Waals surface area contributed by atoms with Gasteiger partial charge >= 0.3 is 5.97 Å². The zero-order valence-corrected chi connectivity index (χ0v) is 18.3. The maximum absolute atomic E-state index is 12.0. The van der Waals surface area contributed by atoms with Crippen molar-refractivity contribution in [2.75, 3.05) is 6.61 Å². The van der Waals surface area contributed by atoms with Crippen LogP contribution in [-0.2, 0) is 14.4 Å². The molecule has 0 aliphatic heterocycles. The fourth-order valence-corrected chi connectivity index (χ4v) is 5.68. The monoisotopic (exact) mass is 657 g/mol. The second-order valence-electron chi connectivity index (χ2n) is 4.77. The highest BCUT2D eigenvalue weighted by Crippen LogP contribution is 2.29. The van der Waals surface area contributed by atoms with Gasteiger partial charge in [-0.1, -0.05) is 0 Å². The predicted molar refractivity (Wildman–Crippen MR) is 109 cm³/mol. The highest BCUT2D eigenvalue weighted by atomic mass is 127. The minimum Gasteiger partial charge on any atom is -0.484 e. The molecule has 23 heavy (non-hydrogen) atoms. The summed E-state index contributed by atoms with van der Waals surface area (Å²) in [5, 5.41) is 9.09. The molecule has 1 amide bonds. The molecule has 0 radical (unpaired) electrons. The molecule has 0 aromatic heterocycles. The summed E-state index contributed by atoms with van der Waals surface area (Å²) in [6.07, 6.45) is -0.187. The molecule has 1 rings (SSSR count). The SMILES string of the molecule is NC(=O)CCC(CC(=O)COc1c(I)cc(I)cc1I)C(=O)O. The van der Waals surface area contributed by atoms with Crippen molar-refractivity contribution in [3.05, 3.63) is 22.8 Å². The van der Waals surface area contributed by atoms with Crippen molar-refractivity contribution < 1.29 is 24.2 Å². The number of halogens is 3. The number of hydrogen-bond acceptors (Lipinski definition) is 4. The van der Waals surface area contributed by atoms with Crippen LogP contribution in [-0.4, -0.2) is 29.4 Å². The number of carbonyl (C=O) groups is 3. The third-order valence-electron chi connectivity index (χ3n) is 2.90. The molecule has 0 fully saturated rings. The molecule has 0 heterocycles. The van der Waals surface area contributed by atoms with Crippen LogP contribution in [0.15, 0.2) is 12.1 Å². The lowest BCUT2D eigenvalue weighted by Gasteiger charge is -2.13. The van der Waals surface area contributed by atoms with E-state index in [9.17, 15) is 14.4 Å². The average molecular weight is 657 g/mol. The van der Waals surface area contributed by atoms with Crippen LogP contribution in [0.5, 0.6) is 5.75 Å². The van der Waals surface area contributed by atoms with Gasteiger partial charge in [0.1, 0.15) is 12.4 Å². The number of amides is 1. The van der Waals surface area contributed by atoms with Crippen molar-refractivity contribution in [1.29, 1.82) is 0 Å². The Hall–Kier alpha value is -0.180. The van der Waals surface area contributed by atoms with E-state index in [0.717, 1.165) is 10.7 Å². The lowest BCUT2D eigenvalue weighted by Crippen LogP contribution is -2.23. The molecule has 0 aliphatic carbocycles. The second-order valence-corrected chi connectivity index (χ2v) is 8.34. The van der Waals surface area contributed by atoms with E-state index in [1.54, 1.807) is 0 Å². The Morgan fingerprint density at radius 3 is 2.22 bits per heavy atom. The van der Waals surface area contributed by atoms with Gasteiger partial charge in [-0.15, -0.1) is 0 Å². The van der Waals surface area contributed by atoms with E-state index in [0.29, 0.717) is 5.75 Å². The molecule has 126 valence electrons. The first-order valence-corrected chi connectivity index (χ1v) is 9.74. The van der Waals surface area contributed by atoms with Crippen LogP contribution in [0.2, 0.25) is 0 Å². The van der Waals surface area contributed by atoms with E-state index in [4.69, 9.17) is 15.6 Å². The van der Waals surface area contributed by atoms with Gasteiger partial charge in [-0.05, 0) is 86.3 Å². The summed E-state index contributed by atoms with van der Waals surface area (Å²) in [5.41, 5.74) is 5.01. The normalized spacial score (nSPS) is 11.8. The van der Waals surface area contributed by atoms with E-state index < -0.39 is 17.8 Å². The lowest BCUT2D eigenvalue weighted by molar-refractivity contribution is -0.144. The Morgan fingerprint density at radius 2 is 1.74 bits per heavy atom. The fourth-order valence-electron chi connectivity index (χ4n) is 1.78. The van der Waals surface area contributed by atoms with E-state index >= 15 is 0 Å². The van der Waals surface area contributed by atoms with Crippen LogP contribution in [0, 0.1) is 16.6 Å². The smallest absolute Gasteiger partial charge is 0.306 e. The van der Waals surface area contributed by atoms with Crippen molar-refractivity contribution in [1.82, 2.24) is 0 Å². The Balaban J connectivity index is 2.62. The van der Waals surface area contributed by atoms with Crippen molar-refractivity contribution in [2.24, 2.45) is 11.7 Å². The summed E-state index contributed by atoms with van der Waals surface area (Å²) in [6.45, 7) is -0.201. The predicted octanol–water partition coefficient (Wildman–Crippen LogP) is 2.80. The molecular weight excluding hydrogens is 643 g/mol. The molecule has 6 nitrogen and oxygen atoms in total. The quantitative estimate of drug-likeness (QED) is 0.398. The van der Waals surface area contributed by atoms with Gasteiger partial charge < -0.3 is 15.6 Å². The molecule has 9 heteroatoms. The van der Waals surface area contributed by atoms with Crippen LogP contribution in [0.4, 0.5) is 0 Å². The number of nitrogens with two attached hydrogens (primary N) is 1. The number of hydrogen-bond donors (Lipinski definition) is 2. The largest absolute Gasteiger partial charge is 0.484 e. The number of aliphatic carboxylic acids is 1. The van der Waals surface area contributed by atoms with Crippen molar-refractivity contribution in [3.63, 3.8) is 0 Å². The highest BCUT2D eigenvalue weighted by molar-refractivity contribution is 14.1. The van der Waals surface area contributed by atoms with Crippen LogP contribution < -0.4 is 10.5 Å². The van der Waals surface area contributed by atoms with Gasteiger partial charge in [0.2, 0.25) is 5.91 Å². The lowest BCUT2D eigenvalue weighted by atomic mass is 9.97. The number of carboxylic acid groups (broad SMARTS) is 1. The van der Waals surface area contributed by atoms with Gasteiger partial charge in [0, 0.05) is 16.4 Å². The highest BCUT2D eigenvalue weighted by Gasteiger charge is 2.22. The zero-order valence-electron chi connectivity index (χ0n) is 11.9. The molecule has 0 saturated carbocycles. The van der Waals surface area contributed by atoms with E-state index in [1.165, 1.54) is 0 Å². The maximum atomic E-state index is 12.0. The van der Waals surface area contributed by atoms with Gasteiger partial charge in [-0.25, -0.2) is 0 Å². The number of ether oxygens (including phenoxy) is 1. The summed E-state index contributed by atoms with van der Waals surface area (Å²) in [5.74, 6) is -2.33. The minimum absolute atomic E-state index is 0.0506. The first kappa shape index (κ1) is 20.9. The number of rotatable bonds is 9. The topological polar surface area (TPSA) is 107 Å². The summed E-state index contributed by atoms with van der Waals surface area (Å²) >= 11 is 6.44. The molecule has 0 aliphatic rings. The molecule has 0 saturated heterocycles. The minimum atomic E-state index is -1.11. The summed E-state index contributed by atoms with van der Waals surface area (Å²) in [7, 11) is 0. The molecule has 0 spiro atoms. The van der Waals surface area contributed by atoms with Gasteiger partial charge in [0.05, 0.1) is 13.1 Å². The van der Waals surface area contributed by atoms with E-state index in [1.807, 2.05) is 12.1 Å². The third kappa shape index (κ3) is 7.49. The number of carboxylic acids is 1. The molecule has 1 aromatic carbocycles. The summed E-state index contributed by atoms with van der Waals surface area (Å²) < 4.78 is 8.37. The Kier molecular flexibility index (Phi) is 9.03. The van der Waals surface area contributed by atoms with Crippen molar-refractivity contribution in [3.8, 4) is 5.75 Å². The number of benzene rings is 1. The van der Waals surface area contributed by atoms with Crippen molar-refractivity contribution >= 4 is 85.4 Å². The number of Topliss-reactive ketones (excluding diaryl/α,β-unsaturated/α-hetero) is 1. The first-order valence-electron chi connectivity index (χ1n) is 6.50. The van der Waals surface area contributed by atoms with Gasteiger partial charge in [-0.3, -0.25) is 14.4 Å². The fraction of sp³-hybridized carbons (Fsp3) is 0.357. The molecule has 1 atom stereocenters. The summed E-state index contributed by atoms with van der Waals surface area (Å²) in [6, 6.07) is 3.85. The van der Waals surface area contributed by atoms with Crippen LogP contribution in [0.3, 0.4) is 0 Å².